The van der Waals surface area contributed by atoms with E-state index in [-0.39, 0.29) is 6.04 Å². The van der Waals surface area contributed by atoms with Gasteiger partial charge in [-0.25, -0.2) is 9.67 Å². The Kier molecular flexibility index (Phi) is 4.96. The maximum absolute atomic E-state index is 4.83. The molecule has 2 aliphatic rings. The van der Waals surface area contributed by atoms with Crippen molar-refractivity contribution in [1.29, 1.82) is 0 Å². The minimum atomic E-state index is 0.236. The van der Waals surface area contributed by atoms with Crippen LogP contribution in [-0.2, 0) is 6.54 Å². The van der Waals surface area contributed by atoms with Crippen LogP contribution in [0.5, 0.6) is 0 Å². The topological polar surface area (TPSA) is 68.0 Å². The molecular weight excluding hydrogens is 392 g/mol. The van der Waals surface area contributed by atoms with E-state index < -0.39 is 0 Å². The number of aryl methyl sites for hydroxylation is 2. The Hall–Kier alpha value is -3.19. The fourth-order valence-electron chi connectivity index (χ4n) is 3.64. The smallest absolute Gasteiger partial charge is 0.154 e. The molecule has 0 amide bonds. The molecule has 0 fully saturated rings. The summed E-state index contributed by atoms with van der Waals surface area (Å²) < 4.78 is 1.92. The maximum atomic E-state index is 4.83. The van der Waals surface area contributed by atoms with Crippen LogP contribution in [-0.4, -0.2) is 36.6 Å². The predicted molar refractivity (Wildman–Crippen MR) is 123 cm³/mol. The SMILES string of the molecule is Cc1cc(CNc2cc(C3=CC4SC=NC4C=C3)n(-c3cccc(C)n3)n2)ccn1. The average molecular weight is 415 g/mol. The first-order valence-corrected chi connectivity index (χ1v) is 10.9. The van der Waals surface area contributed by atoms with Crippen LogP contribution in [0.2, 0.25) is 0 Å². The monoisotopic (exact) mass is 414 g/mol. The molecule has 0 aromatic carbocycles. The summed E-state index contributed by atoms with van der Waals surface area (Å²) in [4.78, 5) is 13.5. The molecule has 0 bridgehead atoms. The fourth-order valence-corrected chi connectivity index (χ4v) is 4.54. The molecule has 0 radical (unpaired) electrons. The van der Waals surface area contributed by atoms with Gasteiger partial charge in [0.1, 0.15) is 5.82 Å². The highest BCUT2D eigenvalue weighted by Gasteiger charge is 2.26. The third-order valence-corrected chi connectivity index (χ3v) is 6.11. The van der Waals surface area contributed by atoms with Crippen molar-refractivity contribution in [2.24, 2.45) is 4.99 Å². The van der Waals surface area contributed by atoms with Gasteiger partial charge in [0.05, 0.1) is 22.5 Å². The highest BCUT2D eigenvalue weighted by molar-refractivity contribution is 8.13. The zero-order valence-corrected chi connectivity index (χ0v) is 17.7. The van der Waals surface area contributed by atoms with E-state index in [4.69, 9.17) is 10.1 Å². The van der Waals surface area contributed by atoms with Crippen molar-refractivity contribution in [3.63, 3.8) is 0 Å². The van der Waals surface area contributed by atoms with Crippen LogP contribution in [0.3, 0.4) is 0 Å². The Morgan fingerprint density at radius 2 is 2.07 bits per heavy atom. The Morgan fingerprint density at radius 3 is 2.93 bits per heavy atom. The quantitative estimate of drug-likeness (QED) is 0.672. The van der Waals surface area contributed by atoms with Gasteiger partial charge in [0.15, 0.2) is 5.82 Å². The number of nitrogens with one attached hydrogen (secondary N) is 1. The van der Waals surface area contributed by atoms with E-state index in [0.717, 1.165) is 34.3 Å². The van der Waals surface area contributed by atoms with Gasteiger partial charge < -0.3 is 5.32 Å². The number of rotatable bonds is 5. The van der Waals surface area contributed by atoms with Gasteiger partial charge in [0, 0.05) is 30.2 Å². The summed E-state index contributed by atoms with van der Waals surface area (Å²) in [5.74, 6) is 1.62. The van der Waals surface area contributed by atoms with Gasteiger partial charge in [-0.15, -0.1) is 16.9 Å². The molecule has 150 valence electrons. The minimum Gasteiger partial charge on any atom is -0.364 e. The van der Waals surface area contributed by atoms with Crippen molar-refractivity contribution >= 4 is 28.7 Å². The van der Waals surface area contributed by atoms with Gasteiger partial charge in [-0.3, -0.25) is 9.98 Å². The second-order valence-electron chi connectivity index (χ2n) is 7.45. The lowest BCUT2D eigenvalue weighted by atomic mass is 10.0. The lowest BCUT2D eigenvalue weighted by Crippen LogP contribution is -2.16. The first-order chi connectivity index (χ1) is 14.7. The van der Waals surface area contributed by atoms with Crippen LogP contribution in [0, 0.1) is 13.8 Å². The van der Waals surface area contributed by atoms with E-state index >= 15 is 0 Å². The molecule has 30 heavy (non-hydrogen) atoms. The van der Waals surface area contributed by atoms with Crippen LogP contribution in [0.15, 0.2) is 65.8 Å². The third kappa shape index (κ3) is 3.80. The van der Waals surface area contributed by atoms with Gasteiger partial charge in [-0.2, -0.15) is 0 Å². The van der Waals surface area contributed by atoms with E-state index in [0.29, 0.717) is 11.8 Å². The first-order valence-electron chi connectivity index (χ1n) is 9.93. The molecule has 7 heteroatoms. The first kappa shape index (κ1) is 18.8. The molecule has 4 heterocycles. The molecule has 2 unspecified atom stereocenters. The normalized spacial score (nSPS) is 19.6. The summed E-state index contributed by atoms with van der Waals surface area (Å²) in [6, 6.07) is 12.4. The van der Waals surface area contributed by atoms with E-state index in [2.05, 4.69) is 45.7 Å². The Balaban J connectivity index is 1.49. The predicted octanol–water partition coefficient (Wildman–Crippen LogP) is 4.36. The van der Waals surface area contributed by atoms with Crippen molar-refractivity contribution in [3.8, 4) is 5.82 Å². The summed E-state index contributed by atoms with van der Waals surface area (Å²) in [7, 11) is 0. The summed E-state index contributed by atoms with van der Waals surface area (Å²) >= 11 is 1.76. The van der Waals surface area contributed by atoms with E-state index in [9.17, 15) is 0 Å². The number of aromatic nitrogens is 4. The Labute approximate surface area is 179 Å². The number of thioether (sulfide) groups is 1. The van der Waals surface area contributed by atoms with Crippen molar-refractivity contribution in [2.75, 3.05) is 5.32 Å². The summed E-state index contributed by atoms with van der Waals surface area (Å²) in [6.07, 6.45) is 8.43. The number of nitrogens with zero attached hydrogens (tertiary/aromatic N) is 5. The van der Waals surface area contributed by atoms with Gasteiger partial charge in [0.25, 0.3) is 0 Å². The Morgan fingerprint density at radius 1 is 1.13 bits per heavy atom. The number of pyridine rings is 2. The molecule has 0 saturated heterocycles. The van der Waals surface area contributed by atoms with E-state index in [1.165, 1.54) is 5.56 Å². The van der Waals surface area contributed by atoms with E-state index in [1.807, 2.05) is 54.5 Å². The third-order valence-electron chi connectivity index (χ3n) is 5.13. The standard InChI is InChI=1S/C23H22N6S/c1-15-4-3-5-23(27-15)29-20(18-6-7-19-21(11-18)30-14-26-19)12-22(28-29)25-13-17-8-9-24-16(2)10-17/h3-12,14,19,21H,13H2,1-2H3,(H,25,28). The van der Waals surface area contributed by atoms with Crippen molar-refractivity contribution in [1.82, 2.24) is 19.7 Å². The average Bonchev–Trinajstić information content (AvgIpc) is 3.39. The number of aliphatic imine (C=N–C) groups is 1. The Bertz CT molecular complexity index is 1180. The van der Waals surface area contributed by atoms with Crippen LogP contribution in [0.4, 0.5) is 5.82 Å². The summed E-state index contributed by atoms with van der Waals surface area (Å²) in [6.45, 7) is 4.68. The highest BCUT2D eigenvalue weighted by atomic mass is 32.2. The number of anilines is 1. The largest absolute Gasteiger partial charge is 0.364 e. The molecule has 1 aliphatic heterocycles. The zero-order chi connectivity index (χ0) is 20.5. The zero-order valence-electron chi connectivity index (χ0n) is 16.9. The lowest BCUT2D eigenvalue weighted by Gasteiger charge is -2.17. The molecule has 0 spiro atoms. The molecule has 1 aliphatic carbocycles. The lowest BCUT2D eigenvalue weighted by molar-refractivity contribution is 0.823. The van der Waals surface area contributed by atoms with Crippen molar-refractivity contribution in [2.45, 2.75) is 31.7 Å². The summed E-state index contributed by atoms with van der Waals surface area (Å²) in [5, 5.41) is 8.63. The maximum Gasteiger partial charge on any atom is 0.154 e. The molecule has 0 saturated carbocycles. The van der Waals surface area contributed by atoms with Crippen LogP contribution in [0.1, 0.15) is 22.6 Å². The van der Waals surface area contributed by atoms with Crippen LogP contribution >= 0.6 is 11.8 Å². The van der Waals surface area contributed by atoms with E-state index in [1.54, 1.807) is 11.8 Å². The van der Waals surface area contributed by atoms with Gasteiger partial charge in [0.2, 0.25) is 0 Å². The molecule has 3 aromatic rings. The number of allylic oxidation sites excluding steroid dienone is 2. The molecular formula is C23H22N6S. The van der Waals surface area contributed by atoms with Crippen LogP contribution < -0.4 is 5.32 Å². The van der Waals surface area contributed by atoms with Gasteiger partial charge >= 0.3 is 0 Å². The van der Waals surface area contributed by atoms with Gasteiger partial charge in [-0.05, 0) is 49.2 Å². The number of fused-ring (bicyclic) bond motifs is 1. The molecule has 5 rings (SSSR count). The van der Waals surface area contributed by atoms with Crippen molar-refractivity contribution in [3.05, 3.63) is 83.5 Å². The second-order valence-corrected chi connectivity index (χ2v) is 8.48. The summed E-state index contributed by atoms with van der Waals surface area (Å²) in [5.41, 5.74) is 7.24. The van der Waals surface area contributed by atoms with Crippen LogP contribution in [0.25, 0.3) is 11.4 Å². The minimum absolute atomic E-state index is 0.236. The highest BCUT2D eigenvalue weighted by Crippen LogP contribution is 2.33. The molecule has 3 aromatic heterocycles. The van der Waals surface area contributed by atoms with Crippen molar-refractivity contribution < 1.29 is 0 Å². The molecule has 2 atom stereocenters. The second kappa shape index (κ2) is 7.91. The van der Waals surface area contributed by atoms with Gasteiger partial charge in [-0.1, -0.05) is 24.3 Å². The number of hydrogen-bond acceptors (Lipinski definition) is 6. The molecule has 6 nitrogen and oxygen atoms in total. The molecule has 1 N–H and O–H groups in total. The number of hydrogen-bond donors (Lipinski definition) is 1. The fraction of sp³-hybridized carbons (Fsp3) is 0.217.